The third-order valence-corrected chi connectivity index (χ3v) is 17.1. The molecule has 6 rings (SSSR count). The molecule has 5 saturated carbocycles. The van der Waals surface area contributed by atoms with Gasteiger partial charge in [-0.15, -0.1) is 0 Å². The number of ether oxygens (including phenoxy) is 1. The Labute approximate surface area is 366 Å². The Morgan fingerprint density at radius 2 is 1.70 bits per heavy atom. The largest absolute Gasteiger partial charge is 0.394 e. The molecule has 6 aliphatic rings. The number of rotatable bonds is 18. The SMILES string of the molecule is CCCCC(C)C[C@@H](CN(C)C)NC(=O)C1CC(C2CC(C(C)(C)C)CC(CN3O[C@@H](CO)[C@@H]([C@H](C)O)[C@H]3C(=O)N[C@H]3C[C@H]4C[C@@H]([C@@H]3C)C4(C)C)C2OC)CC(N(C)C)C1. The monoisotopic (exact) mass is 846 g/mol. The van der Waals surface area contributed by atoms with Crippen LogP contribution in [0.3, 0.4) is 0 Å². The first-order valence-corrected chi connectivity index (χ1v) is 24.3. The summed E-state index contributed by atoms with van der Waals surface area (Å²) in [6.07, 6.45) is 9.82. The average molecular weight is 846 g/mol. The number of nitrogens with zero attached hydrogens (tertiary/aromatic N) is 3. The lowest BCUT2D eigenvalue weighted by atomic mass is 9.45. The van der Waals surface area contributed by atoms with E-state index in [1.807, 2.05) is 12.2 Å². The summed E-state index contributed by atoms with van der Waals surface area (Å²) in [6.45, 7) is 21.4. The van der Waals surface area contributed by atoms with Crippen LogP contribution in [0.15, 0.2) is 0 Å². The minimum absolute atomic E-state index is 0.0413. The molecule has 11 heteroatoms. The first kappa shape index (κ1) is 49.7. The molecule has 0 radical (unpaired) electrons. The molecular weight excluding hydrogens is 755 g/mol. The van der Waals surface area contributed by atoms with Crippen molar-refractivity contribution in [1.29, 1.82) is 0 Å². The standard InChI is InChI=1S/C49H91N5O6/c1-15-16-17-29(2)18-37(27-52(10)11)50-46(57)33-19-32(21-38(22-33)53(12)13)39-23-35(48(5,6)7)20-34(45(39)59-14)26-54-44(43(31(4)56)42(28-55)60-54)47(58)51-41-25-36-24-40(30(41)3)49(36,8)9/h29-45,55-56H,15-28H2,1-14H3,(H,50,57)(H,51,58)/t29?,30-,31-,32?,33?,34?,35?,36+,37-,38?,39?,40-,41-,42-,43+,44-,45?/m0/s1. The molecule has 5 aliphatic carbocycles. The first-order chi connectivity index (χ1) is 28.1. The van der Waals surface area contributed by atoms with E-state index in [-0.39, 0.29) is 71.7 Å². The smallest absolute Gasteiger partial charge is 0.240 e. The number of hydrogen-bond donors (Lipinski definition) is 4. The summed E-state index contributed by atoms with van der Waals surface area (Å²) in [5.74, 6) is 2.50. The molecular formula is C49H91N5O6. The molecule has 0 aromatic carbocycles. The van der Waals surface area contributed by atoms with Gasteiger partial charge in [0.2, 0.25) is 11.8 Å². The number of aliphatic hydroxyl groups is 2. The van der Waals surface area contributed by atoms with Gasteiger partial charge in [0.25, 0.3) is 0 Å². The fourth-order valence-corrected chi connectivity index (χ4v) is 13.3. The maximum Gasteiger partial charge on any atom is 0.240 e. The molecule has 1 heterocycles. The van der Waals surface area contributed by atoms with Crippen molar-refractivity contribution < 1.29 is 29.4 Å². The zero-order chi connectivity index (χ0) is 44.4. The molecule has 0 aromatic heterocycles. The number of hydroxylamine groups is 2. The summed E-state index contributed by atoms with van der Waals surface area (Å²) in [7, 11) is 10.4. The predicted octanol–water partition coefficient (Wildman–Crippen LogP) is 6.46. The van der Waals surface area contributed by atoms with Crippen LogP contribution in [0.4, 0.5) is 0 Å². The van der Waals surface area contributed by atoms with E-state index in [0.29, 0.717) is 41.5 Å². The summed E-state index contributed by atoms with van der Waals surface area (Å²) >= 11 is 0. The van der Waals surface area contributed by atoms with Crippen molar-refractivity contribution in [3.8, 4) is 0 Å². The normalized spacial score (nSPS) is 38.6. The summed E-state index contributed by atoms with van der Waals surface area (Å²) in [5, 5.41) is 30.6. The van der Waals surface area contributed by atoms with Crippen LogP contribution in [0.2, 0.25) is 0 Å². The number of carbonyl (C=O) groups excluding carboxylic acids is 2. The molecule has 1 aliphatic heterocycles. The number of fused-ring (bicyclic) bond motifs is 2. The highest BCUT2D eigenvalue weighted by molar-refractivity contribution is 5.83. The van der Waals surface area contributed by atoms with Crippen molar-refractivity contribution in [3.63, 3.8) is 0 Å². The second kappa shape index (κ2) is 20.7. The lowest BCUT2D eigenvalue weighted by Gasteiger charge is -2.62. The van der Waals surface area contributed by atoms with Gasteiger partial charge in [-0.25, -0.2) is 0 Å². The Kier molecular flexibility index (Phi) is 17.1. The van der Waals surface area contributed by atoms with Gasteiger partial charge in [-0.05, 0) is 139 Å². The molecule has 2 amide bonds. The number of amides is 2. The van der Waals surface area contributed by atoms with Gasteiger partial charge in [0.1, 0.15) is 12.1 Å². The van der Waals surface area contributed by atoms with E-state index in [4.69, 9.17) is 9.57 Å². The van der Waals surface area contributed by atoms with Crippen molar-refractivity contribution in [2.24, 2.45) is 70.0 Å². The summed E-state index contributed by atoms with van der Waals surface area (Å²) in [4.78, 5) is 40.1. The van der Waals surface area contributed by atoms with Crippen LogP contribution in [-0.2, 0) is 19.2 Å². The van der Waals surface area contributed by atoms with E-state index in [9.17, 15) is 19.8 Å². The van der Waals surface area contributed by atoms with Crippen molar-refractivity contribution in [1.82, 2.24) is 25.5 Å². The van der Waals surface area contributed by atoms with Gasteiger partial charge in [0.05, 0.1) is 18.8 Å². The van der Waals surface area contributed by atoms with Crippen LogP contribution >= 0.6 is 0 Å². The fourth-order valence-electron chi connectivity index (χ4n) is 13.3. The van der Waals surface area contributed by atoms with E-state index in [1.165, 1.54) is 25.7 Å². The molecule has 2 bridgehead atoms. The number of hydrogen-bond acceptors (Lipinski definition) is 9. The molecule has 60 heavy (non-hydrogen) atoms. The summed E-state index contributed by atoms with van der Waals surface area (Å²) in [5.41, 5.74) is 0.346. The highest BCUT2D eigenvalue weighted by Gasteiger charge is 2.58. The fraction of sp³-hybridized carbons (Fsp3) is 0.959. The molecule has 17 atom stereocenters. The Balaban J connectivity index is 1.39. The van der Waals surface area contributed by atoms with Crippen LogP contribution in [0, 0.1) is 70.0 Å². The van der Waals surface area contributed by atoms with E-state index in [1.54, 1.807) is 6.92 Å². The van der Waals surface area contributed by atoms with Gasteiger partial charge in [-0.1, -0.05) is 74.7 Å². The highest BCUT2D eigenvalue weighted by atomic mass is 16.7. The van der Waals surface area contributed by atoms with Crippen LogP contribution in [0.25, 0.3) is 0 Å². The predicted molar refractivity (Wildman–Crippen MR) is 241 cm³/mol. The van der Waals surface area contributed by atoms with Gasteiger partial charge >= 0.3 is 0 Å². The zero-order valence-corrected chi connectivity index (χ0v) is 40.6. The van der Waals surface area contributed by atoms with E-state index in [0.717, 1.165) is 51.5 Å². The van der Waals surface area contributed by atoms with Gasteiger partial charge in [0.15, 0.2) is 0 Å². The van der Waals surface area contributed by atoms with Crippen LogP contribution in [0.5, 0.6) is 0 Å². The minimum Gasteiger partial charge on any atom is -0.394 e. The number of likely N-dealkylation sites (N-methyl/N-ethyl adjacent to an activating group) is 1. The maximum atomic E-state index is 14.6. The minimum atomic E-state index is -0.844. The molecule has 0 spiro atoms. The Morgan fingerprint density at radius 3 is 2.25 bits per heavy atom. The number of unbranched alkanes of at least 4 members (excludes halogenated alkanes) is 1. The van der Waals surface area contributed by atoms with Crippen molar-refractivity contribution >= 4 is 11.8 Å². The third-order valence-electron chi connectivity index (χ3n) is 17.1. The molecule has 6 fully saturated rings. The lowest BCUT2D eigenvalue weighted by molar-refractivity contribution is -0.197. The van der Waals surface area contributed by atoms with Crippen LogP contribution in [0.1, 0.15) is 133 Å². The summed E-state index contributed by atoms with van der Waals surface area (Å²) < 4.78 is 6.61. The van der Waals surface area contributed by atoms with Crippen molar-refractivity contribution in [2.75, 3.05) is 55.0 Å². The number of nitrogens with one attached hydrogen (secondary N) is 2. The number of methoxy groups -OCH3 is 1. The van der Waals surface area contributed by atoms with E-state index in [2.05, 4.69) is 104 Å². The second-order valence-corrected chi connectivity index (χ2v) is 23.2. The van der Waals surface area contributed by atoms with Gasteiger partial charge in [0, 0.05) is 56.1 Å². The third kappa shape index (κ3) is 11.3. The van der Waals surface area contributed by atoms with Gasteiger partial charge < -0.3 is 35.4 Å². The van der Waals surface area contributed by atoms with E-state index < -0.39 is 24.2 Å². The molecule has 0 aromatic rings. The average Bonchev–Trinajstić information content (AvgIpc) is 3.55. The van der Waals surface area contributed by atoms with Crippen LogP contribution in [-0.4, -0.2) is 134 Å². The molecule has 4 N–H and O–H groups in total. The molecule has 1 saturated heterocycles. The second-order valence-electron chi connectivity index (χ2n) is 23.2. The van der Waals surface area contributed by atoms with E-state index >= 15 is 0 Å². The summed E-state index contributed by atoms with van der Waals surface area (Å²) in [6, 6.07) is -0.246. The Hall–Kier alpha value is -1.34. The van der Waals surface area contributed by atoms with Gasteiger partial charge in [-0.3, -0.25) is 14.4 Å². The number of carbonyl (C=O) groups is 2. The first-order valence-electron chi connectivity index (χ1n) is 24.3. The molecule has 348 valence electrons. The van der Waals surface area contributed by atoms with Gasteiger partial charge in [-0.2, -0.15) is 5.06 Å². The van der Waals surface area contributed by atoms with Crippen molar-refractivity contribution in [2.45, 2.75) is 175 Å². The zero-order valence-electron chi connectivity index (χ0n) is 40.6. The molecule has 11 nitrogen and oxygen atoms in total. The topological polar surface area (TPSA) is 127 Å². The quantitative estimate of drug-likeness (QED) is 0.123. The Bertz CT molecular complexity index is 1390. The maximum absolute atomic E-state index is 14.6. The number of aliphatic hydroxyl groups excluding tert-OH is 2. The van der Waals surface area contributed by atoms with Crippen molar-refractivity contribution in [3.05, 3.63) is 0 Å². The molecule has 8 unspecified atom stereocenters. The highest BCUT2D eigenvalue weighted by Crippen LogP contribution is 2.61. The van der Waals surface area contributed by atoms with Crippen LogP contribution < -0.4 is 10.6 Å². The lowest BCUT2D eigenvalue weighted by Crippen LogP contribution is -2.62. The Morgan fingerprint density at radius 1 is 1.00 bits per heavy atom.